The minimum Gasteiger partial charge on any atom is -0.353 e. The van der Waals surface area contributed by atoms with Gasteiger partial charge in [-0.25, -0.2) is 9.97 Å². The number of fused-ring (bicyclic) bond motifs is 1. The van der Waals surface area contributed by atoms with Crippen molar-refractivity contribution in [1.82, 2.24) is 24.8 Å². The van der Waals surface area contributed by atoms with Crippen molar-refractivity contribution in [1.29, 1.82) is 0 Å². The molecular weight excluding hydrogens is 352 g/mol. The van der Waals surface area contributed by atoms with E-state index in [4.69, 9.17) is 0 Å². The third-order valence-electron chi connectivity index (χ3n) is 4.41. The minimum atomic E-state index is -0.184. The van der Waals surface area contributed by atoms with Crippen LogP contribution in [0, 0.1) is 0 Å². The number of carbonyl (C=O) groups excluding carboxylic acids is 1. The Kier molecular flexibility index (Phi) is 4.61. The summed E-state index contributed by atoms with van der Waals surface area (Å²) in [5.74, 6) is 0.630. The summed E-state index contributed by atoms with van der Waals surface area (Å²) in [4.78, 5) is 39.5. The molecule has 1 aliphatic rings. The molecule has 134 valence electrons. The van der Waals surface area contributed by atoms with Gasteiger partial charge < -0.3 is 10.2 Å². The molecule has 0 saturated carbocycles. The van der Waals surface area contributed by atoms with Gasteiger partial charge in [0, 0.05) is 31.5 Å². The number of aromatic nitrogens is 4. The molecule has 3 aromatic heterocycles. The number of nitrogens with zero attached hydrogens (tertiary/aromatic N) is 5. The lowest BCUT2D eigenvalue weighted by Gasteiger charge is -2.33. The summed E-state index contributed by atoms with van der Waals surface area (Å²) in [6.07, 6.45) is 8.33. The quantitative estimate of drug-likeness (QED) is 0.737. The van der Waals surface area contributed by atoms with E-state index >= 15 is 0 Å². The molecule has 9 heteroatoms. The van der Waals surface area contributed by atoms with Gasteiger partial charge in [0.15, 0.2) is 0 Å². The molecule has 4 rings (SSSR count). The van der Waals surface area contributed by atoms with Crippen LogP contribution in [0.3, 0.4) is 0 Å². The highest BCUT2D eigenvalue weighted by atomic mass is 32.1. The van der Waals surface area contributed by atoms with Gasteiger partial charge in [-0.15, -0.1) is 11.3 Å². The predicted octanol–water partition coefficient (Wildman–Crippen LogP) is 1.03. The van der Waals surface area contributed by atoms with E-state index in [1.165, 1.54) is 22.2 Å². The summed E-state index contributed by atoms with van der Waals surface area (Å²) < 4.78 is 1.93. The zero-order valence-electron chi connectivity index (χ0n) is 14.0. The minimum absolute atomic E-state index is 0.0207. The van der Waals surface area contributed by atoms with Gasteiger partial charge in [-0.1, -0.05) is 0 Å². The lowest BCUT2D eigenvalue weighted by atomic mass is 10.1. The van der Waals surface area contributed by atoms with E-state index in [0.717, 1.165) is 25.2 Å². The molecule has 4 heterocycles. The maximum absolute atomic E-state index is 12.4. The number of rotatable bonds is 4. The molecule has 26 heavy (non-hydrogen) atoms. The van der Waals surface area contributed by atoms with E-state index in [1.54, 1.807) is 24.7 Å². The molecule has 3 aromatic rings. The van der Waals surface area contributed by atoms with Crippen molar-refractivity contribution in [2.24, 2.45) is 0 Å². The van der Waals surface area contributed by atoms with Crippen molar-refractivity contribution in [3.63, 3.8) is 0 Å². The summed E-state index contributed by atoms with van der Waals surface area (Å²) in [7, 11) is 0. The average molecular weight is 370 g/mol. The van der Waals surface area contributed by atoms with Crippen LogP contribution in [0.5, 0.6) is 0 Å². The lowest BCUT2D eigenvalue weighted by Crippen LogP contribution is -2.49. The number of amides is 1. The van der Waals surface area contributed by atoms with Gasteiger partial charge in [-0.3, -0.25) is 19.1 Å². The molecule has 1 N–H and O–H groups in total. The largest absolute Gasteiger partial charge is 0.353 e. The number of anilines is 1. The second-order valence-electron chi connectivity index (χ2n) is 6.23. The smallest absolute Gasteiger partial charge is 0.271 e. The second-order valence-corrected chi connectivity index (χ2v) is 7.14. The van der Waals surface area contributed by atoms with Crippen LogP contribution in [-0.4, -0.2) is 44.6 Å². The molecule has 8 nitrogen and oxygen atoms in total. The highest BCUT2D eigenvalue weighted by Crippen LogP contribution is 2.16. The van der Waals surface area contributed by atoms with E-state index in [1.807, 2.05) is 5.38 Å². The number of piperidine rings is 1. The van der Waals surface area contributed by atoms with Crippen LogP contribution in [0.25, 0.3) is 10.2 Å². The molecule has 1 aliphatic heterocycles. The molecule has 1 atom stereocenters. The fourth-order valence-corrected chi connectivity index (χ4v) is 3.97. The van der Waals surface area contributed by atoms with Crippen LogP contribution in [0.2, 0.25) is 0 Å². The van der Waals surface area contributed by atoms with Crippen molar-refractivity contribution < 1.29 is 4.79 Å². The monoisotopic (exact) mass is 370 g/mol. The standard InChI is InChI=1S/C17H18N6O2S/c24-15(10-23-11-20-13-3-7-26-16(13)17(23)25)21-12-2-1-6-22(9-12)14-8-18-4-5-19-14/h3-5,7-8,11-12H,1-2,6,9-10H2,(H,21,24)/t12-/m1/s1. The number of carbonyl (C=O) groups is 1. The Morgan fingerprint density at radius 3 is 3.12 bits per heavy atom. The third-order valence-corrected chi connectivity index (χ3v) is 5.30. The molecule has 0 aliphatic carbocycles. The van der Waals surface area contributed by atoms with Gasteiger partial charge in [0.25, 0.3) is 5.56 Å². The van der Waals surface area contributed by atoms with Gasteiger partial charge in [0.1, 0.15) is 17.1 Å². The Morgan fingerprint density at radius 2 is 2.27 bits per heavy atom. The Morgan fingerprint density at radius 1 is 1.35 bits per heavy atom. The SMILES string of the molecule is O=C(Cn1cnc2ccsc2c1=O)N[C@@H]1CCCN(c2cnccn2)C1. The normalized spacial score (nSPS) is 17.4. The van der Waals surface area contributed by atoms with Crippen LogP contribution in [0.15, 0.2) is 41.2 Å². The molecule has 0 radical (unpaired) electrons. The fraction of sp³-hybridized carbons (Fsp3) is 0.353. The first kappa shape index (κ1) is 16.6. The first-order chi connectivity index (χ1) is 12.7. The zero-order valence-corrected chi connectivity index (χ0v) is 14.9. The first-order valence-corrected chi connectivity index (χ1v) is 9.31. The third kappa shape index (κ3) is 3.43. The highest BCUT2D eigenvalue weighted by molar-refractivity contribution is 7.17. The highest BCUT2D eigenvalue weighted by Gasteiger charge is 2.22. The molecule has 0 bridgehead atoms. The molecule has 1 saturated heterocycles. The Labute approximate surface area is 153 Å². The van der Waals surface area contributed by atoms with Crippen molar-refractivity contribution in [3.05, 3.63) is 46.7 Å². The molecule has 0 spiro atoms. The summed E-state index contributed by atoms with van der Waals surface area (Å²) in [6.45, 7) is 1.55. The second kappa shape index (κ2) is 7.20. The maximum Gasteiger partial charge on any atom is 0.271 e. The molecule has 0 unspecified atom stereocenters. The molecular formula is C17H18N6O2S. The summed E-state index contributed by atoms with van der Waals surface area (Å²) >= 11 is 1.34. The number of nitrogens with one attached hydrogen (secondary N) is 1. The van der Waals surface area contributed by atoms with E-state index in [2.05, 4.69) is 25.2 Å². The van der Waals surface area contributed by atoms with E-state index in [0.29, 0.717) is 16.8 Å². The maximum atomic E-state index is 12.4. The van der Waals surface area contributed by atoms with E-state index in [9.17, 15) is 9.59 Å². The zero-order chi connectivity index (χ0) is 17.9. The Bertz CT molecular complexity index is 970. The number of hydrogen-bond acceptors (Lipinski definition) is 7. The predicted molar refractivity (Wildman–Crippen MR) is 99.3 cm³/mol. The van der Waals surface area contributed by atoms with E-state index < -0.39 is 0 Å². The first-order valence-electron chi connectivity index (χ1n) is 8.43. The van der Waals surface area contributed by atoms with Crippen molar-refractivity contribution in [2.45, 2.75) is 25.4 Å². The number of thiophene rings is 1. The van der Waals surface area contributed by atoms with Crippen LogP contribution in [-0.2, 0) is 11.3 Å². The summed E-state index contributed by atoms with van der Waals surface area (Å²) in [6, 6.07) is 1.82. The van der Waals surface area contributed by atoms with Crippen LogP contribution >= 0.6 is 11.3 Å². The lowest BCUT2D eigenvalue weighted by molar-refractivity contribution is -0.122. The van der Waals surface area contributed by atoms with Crippen LogP contribution in [0.4, 0.5) is 5.82 Å². The molecule has 0 aromatic carbocycles. The van der Waals surface area contributed by atoms with Gasteiger partial charge in [-0.05, 0) is 24.3 Å². The van der Waals surface area contributed by atoms with Crippen LogP contribution < -0.4 is 15.8 Å². The topological polar surface area (TPSA) is 93.0 Å². The average Bonchev–Trinajstić information content (AvgIpc) is 3.15. The van der Waals surface area contributed by atoms with Gasteiger partial charge >= 0.3 is 0 Å². The van der Waals surface area contributed by atoms with Crippen molar-refractivity contribution >= 4 is 33.3 Å². The molecule has 1 fully saturated rings. The summed E-state index contributed by atoms with van der Waals surface area (Å²) in [5.41, 5.74) is 0.494. The molecule has 1 amide bonds. The summed E-state index contributed by atoms with van der Waals surface area (Å²) in [5, 5.41) is 4.85. The van der Waals surface area contributed by atoms with Crippen molar-refractivity contribution in [3.8, 4) is 0 Å². The van der Waals surface area contributed by atoms with E-state index in [-0.39, 0.29) is 24.1 Å². The Hall–Kier alpha value is -2.81. The van der Waals surface area contributed by atoms with Gasteiger partial charge in [0.05, 0.1) is 18.0 Å². The van der Waals surface area contributed by atoms with Crippen molar-refractivity contribution in [2.75, 3.05) is 18.0 Å². The number of hydrogen-bond donors (Lipinski definition) is 1. The van der Waals surface area contributed by atoms with Gasteiger partial charge in [0.2, 0.25) is 5.91 Å². The van der Waals surface area contributed by atoms with Gasteiger partial charge in [-0.2, -0.15) is 0 Å². The Balaban J connectivity index is 1.41. The fourth-order valence-electron chi connectivity index (χ4n) is 3.18. The van der Waals surface area contributed by atoms with Crippen LogP contribution in [0.1, 0.15) is 12.8 Å².